The first-order valence-corrected chi connectivity index (χ1v) is 8.42. The minimum atomic E-state index is -1.84. The van der Waals surface area contributed by atoms with E-state index < -0.39 is 8.56 Å². The van der Waals surface area contributed by atoms with Gasteiger partial charge in [0.1, 0.15) is 0 Å². The Hall–Kier alpha value is 0.137. The monoisotopic (exact) mass is 218 g/mol. The van der Waals surface area contributed by atoms with Gasteiger partial charge in [0.05, 0.1) is 0 Å². The Morgan fingerprint density at radius 3 is 2.29 bits per heavy atom. The summed E-state index contributed by atoms with van der Waals surface area (Å²) in [7, 11) is -1.84. The second kappa shape index (κ2) is 7.43. The molecule has 14 heavy (non-hydrogen) atoms. The third-order valence-corrected chi connectivity index (χ3v) is 5.59. The predicted octanol–water partition coefficient (Wildman–Crippen LogP) is 3.71. The summed E-state index contributed by atoms with van der Waals surface area (Å²) in [5, 5.41) is 0. The van der Waals surface area contributed by atoms with Gasteiger partial charge in [0, 0.05) is 12.7 Å². The molecule has 0 saturated heterocycles. The zero-order chi connectivity index (χ0) is 11.0. The summed E-state index contributed by atoms with van der Waals surface area (Å²) < 4.78 is 11.8. The first-order valence-electron chi connectivity index (χ1n) is 5.89. The van der Waals surface area contributed by atoms with Crippen LogP contribution in [0.5, 0.6) is 0 Å². The fourth-order valence-corrected chi connectivity index (χ4v) is 3.52. The van der Waals surface area contributed by atoms with Crippen LogP contribution in [0.15, 0.2) is 0 Å². The van der Waals surface area contributed by atoms with Crippen molar-refractivity contribution in [3.63, 3.8) is 0 Å². The molecular formula is C11H26O2Si. The van der Waals surface area contributed by atoms with E-state index >= 15 is 0 Å². The maximum absolute atomic E-state index is 6.05. The maximum atomic E-state index is 6.05. The van der Waals surface area contributed by atoms with Crippen molar-refractivity contribution in [1.82, 2.24) is 0 Å². The summed E-state index contributed by atoms with van der Waals surface area (Å²) >= 11 is 0. The van der Waals surface area contributed by atoms with E-state index in [0.717, 1.165) is 19.1 Å². The lowest BCUT2D eigenvalue weighted by molar-refractivity contribution is 0.124. The number of unbranched alkanes of at least 4 members (excludes halogenated alkanes) is 1. The SMILES string of the molecule is CCCCC(C)O[Si](C)(CC)OCC. The highest BCUT2D eigenvalue weighted by Gasteiger charge is 2.30. The molecule has 0 aromatic carbocycles. The summed E-state index contributed by atoms with van der Waals surface area (Å²) in [6, 6.07) is 1.04. The van der Waals surface area contributed by atoms with Crippen LogP contribution in [0.1, 0.15) is 47.0 Å². The highest BCUT2D eigenvalue weighted by molar-refractivity contribution is 6.65. The highest BCUT2D eigenvalue weighted by Crippen LogP contribution is 2.17. The van der Waals surface area contributed by atoms with Gasteiger partial charge in [-0.1, -0.05) is 26.7 Å². The molecule has 0 N–H and O–H groups in total. The molecule has 0 spiro atoms. The van der Waals surface area contributed by atoms with E-state index in [1.165, 1.54) is 12.8 Å². The van der Waals surface area contributed by atoms with Gasteiger partial charge in [0.15, 0.2) is 0 Å². The van der Waals surface area contributed by atoms with Gasteiger partial charge in [-0.2, -0.15) is 0 Å². The molecule has 0 aromatic rings. The molecule has 86 valence electrons. The van der Waals surface area contributed by atoms with Crippen molar-refractivity contribution in [2.45, 2.75) is 65.7 Å². The highest BCUT2D eigenvalue weighted by atomic mass is 28.4. The van der Waals surface area contributed by atoms with Crippen LogP contribution in [-0.2, 0) is 8.85 Å². The van der Waals surface area contributed by atoms with Gasteiger partial charge in [0.25, 0.3) is 0 Å². The molecule has 0 rings (SSSR count). The van der Waals surface area contributed by atoms with E-state index in [-0.39, 0.29) is 0 Å². The van der Waals surface area contributed by atoms with Gasteiger partial charge in [-0.05, 0) is 32.9 Å². The summed E-state index contributed by atoms with van der Waals surface area (Å²) in [5.74, 6) is 0. The Balaban J connectivity index is 3.89. The quantitative estimate of drug-likeness (QED) is 0.578. The minimum Gasteiger partial charge on any atom is -0.395 e. The lowest BCUT2D eigenvalue weighted by Crippen LogP contribution is -2.40. The smallest absolute Gasteiger partial charge is 0.334 e. The molecule has 2 unspecified atom stereocenters. The average Bonchev–Trinajstić information content (AvgIpc) is 2.15. The average molecular weight is 218 g/mol. The van der Waals surface area contributed by atoms with Crippen LogP contribution in [0.3, 0.4) is 0 Å². The van der Waals surface area contributed by atoms with Crippen molar-refractivity contribution in [3.05, 3.63) is 0 Å². The largest absolute Gasteiger partial charge is 0.395 e. The molecular weight excluding hydrogens is 192 g/mol. The lowest BCUT2D eigenvalue weighted by Gasteiger charge is -2.29. The molecule has 0 heterocycles. The molecule has 0 bridgehead atoms. The molecule has 0 aliphatic carbocycles. The Bertz CT molecular complexity index is 141. The molecule has 3 heteroatoms. The number of rotatable bonds is 8. The minimum absolute atomic E-state index is 0.359. The van der Waals surface area contributed by atoms with Crippen molar-refractivity contribution >= 4 is 8.56 Å². The second-order valence-electron chi connectivity index (χ2n) is 3.99. The van der Waals surface area contributed by atoms with Gasteiger partial charge < -0.3 is 8.85 Å². The number of hydrogen-bond acceptors (Lipinski definition) is 2. The molecule has 0 aliphatic rings. The summed E-state index contributed by atoms with van der Waals surface area (Å²) in [4.78, 5) is 0. The lowest BCUT2D eigenvalue weighted by atomic mass is 10.2. The van der Waals surface area contributed by atoms with E-state index in [1.807, 2.05) is 6.92 Å². The van der Waals surface area contributed by atoms with Crippen LogP contribution in [0.25, 0.3) is 0 Å². The van der Waals surface area contributed by atoms with Crippen molar-refractivity contribution < 1.29 is 8.85 Å². The van der Waals surface area contributed by atoms with Crippen LogP contribution in [0.4, 0.5) is 0 Å². The molecule has 0 radical (unpaired) electrons. The fourth-order valence-electron chi connectivity index (χ4n) is 1.50. The van der Waals surface area contributed by atoms with Crippen molar-refractivity contribution in [1.29, 1.82) is 0 Å². The van der Waals surface area contributed by atoms with Crippen molar-refractivity contribution in [2.75, 3.05) is 6.61 Å². The van der Waals surface area contributed by atoms with Crippen LogP contribution in [-0.4, -0.2) is 21.3 Å². The first-order chi connectivity index (χ1) is 6.58. The van der Waals surface area contributed by atoms with Gasteiger partial charge in [0.2, 0.25) is 0 Å². The van der Waals surface area contributed by atoms with Gasteiger partial charge in [-0.3, -0.25) is 0 Å². The second-order valence-corrected chi connectivity index (χ2v) is 7.49. The maximum Gasteiger partial charge on any atom is 0.334 e. The summed E-state index contributed by atoms with van der Waals surface area (Å²) in [5.41, 5.74) is 0. The fraction of sp³-hybridized carbons (Fsp3) is 1.00. The van der Waals surface area contributed by atoms with E-state index in [1.54, 1.807) is 0 Å². The van der Waals surface area contributed by atoms with E-state index in [2.05, 4.69) is 27.3 Å². The number of hydrogen-bond donors (Lipinski definition) is 0. The van der Waals surface area contributed by atoms with Crippen LogP contribution in [0, 0.1) is 0 Å². The zero-order valence-corrected chi connectivity index (χ0v) is 11.4. The van der Waals surface area contributed by atoms with Crippen LogP contribution in [0.2, 0.25) is 12.6 Å². The van der Waals surface area contributed by atoms with Crippen molar-refractivity contribution in [2.24, 2.45) is 0 Å². The first kappa shape index (κ1) is 14.1. The Morgan fingerprint density at radius 1 is 1.21 bits per heavy atom. The predicted molar refractivity (Wildman–Crippen MR) is 63.8 cm³/mol. The Morgan fingerprint density at radius 2 is 1.86 bits per heavy atom. The standard InChI is InChI=1S/C11H26O2Si/c1-6-9-10-11(4)13-14(5,8-3)12-7-2/h11H,6-10H2,1-5H3. The van der Waals surface area contributed by atoms with Gasteiger partial charge in [-0.15, -0.1) is 0 Å². The Labute approximate surface area is 90.2 Å². The molecule has 2 atom stereocenters. The zero-order valence-electron chi connectivity index (χ0n) is 10.4. The summed E-state index contributed by atoms with van der Waals surface area (Å²) in [6.07, 6.45) is 4.01. The van der Waals surface area contributed by atoms with Gasteiger partial charge >= 0.3 is 8.56 Å². The molecule has 0 saturated carbocycles. The van der Waals surface area contributed by atoms with Crippen LogP contribution < -0.4 is 0 Å². The Kier molecular flexibility index (Phi) is 7.50. The van der Waals surface area contributed by atoms with Crippen molar-refractivity contribution in [3.8, 4) is 0 Å². The third kappa shape index (κ3) is 5.78. The molecule has 0 amide bonds. The van der Waals surface area contributed by atoms with Gasteiger partial charge in [-0.25, -0.2) is 0 Å². The normalized spacial score (nSPS) is 17.8. The summed E-state index contributed by atoms with van der Waals surface area (Å²) in [6.45, 7) is 11.5. The molecule has 0 aromatic heterocycles. The topological polar surface area (TPSA) is 18.5 Å². The van der Waals surface area contributed by atoms with E-state index in [4.69, 9.17) is 8.85 Å². The third-order valence-electron chi connectivity index (χ3n) is 2.51. The molecule has 0 aliphatic heterocycles. The molecule has 0 fully saturated rings. The van der Waals surface area contributed by atoms with Crippen LogP contribution >= 0.6 is 0 Å². The van der Waals surface area contributed by atoms with E-state index in [9.17, 15) is 0 Å². The molecule has 2 nitrogen and oxygen atoms in total. The van der Waals surface area contributed by atoms with E-state index in [0.29, 0.717) is 6.10 Å².